The molecule has 0 spiro atoms. The maximum absolute atomic E-state index is 11.6. The minimum atomic E-state index is -1.08. The number of carbonyl (C=O) groups is 2. The van der Waals surface area contributed by atoms with Gasteiger partial charge >= 0.3 is 12.1 Å². The third-order valence-electron chi connectivity index (χ3n) is 3.04. The van der Waals surface area contributed by atoms with E-state index in [2.05, 4.69) is 5.32 Å². The van der Waals surface area contributed by atoms with Crippen LogP contribution in [0.4, 0.5) is 4.79 Å². The van der Waals surface area contributed by atoms with E-state index in [-0.39, 0.29) is 18.1 Å². The van der Waals surface area contributed by atoms with Gasteiger partial charge in [-0.3, -0.25) is 0 Å². The summed E-state index contributed by atoms with van der Waals surface area (Å²) in [6, 6.07) is -0.997. The summed E-state index contributed by atoms with van der Waals surface area (Å²) in [6.45, 7) is 9.13. The van der Waals surface area contributed by atoms with Gasteiger partial charge in [-0.25, -0.2) is 9.59 Å². The van der Waals surface area contributed by atoms with Crippen LogP contribution in [0, 0.1) is 0 Å². The van der Waals surface area contributed by atoms with Crippen LogP contribution in [0.5, 0.6) is 0 Å². The number of ether oxygens (including phenoxy) is 2. The van der Waals surface area contributed by atoms with Crippen molar-refractivity contribution in [3.05, 3.63) is 0 Å². The third kappa shape index (κ3) is 5.77. The van der Waals surface area contributed by atoms with Crippen molar-refractivity contribution in [2.45, 2.75) is 77.2 Å². The van der Waals surface area contributed by atoms with E-state index in [0.717, 1.165) is 12.8 Å². The lowest BCUT2D eigenvalue weighted by Crippen LogP contribution is -2.45. The molecular formula is C14H25NO5. The van der Waals surface area contributed by atoms with Gasteiger partial charge in [0, 0.05) is 6.42 Å². The van der Waals surface area contributed by atoms with Crippen molar-refractivity contribution in [3.63, 3.8) is 0 Å². The van der Waals surface area contributed by atoms with Gasteiger partial charge < -0.3 is 19.9 Å². The van der Waals surface area contributed by atoms with Crippen LogP contribution < -0.4 is 5.32 Å². The molecule has 2 atom stereocenters. The van der Waals surface area contributed by atoms with Crippen LogP contribution in [0.25, 0.3) is 0 Å². The quantitative estimate of drug-likeness (QED) is 0.828. The average molecular weight is 287 g/mol. The molecule has 1 heterocycles. The lowest BCUT2D eigenvalue weighted by atomic mass is 10.0. The maximum Gasteiger partial charge on any atom is 0.408 e. The van der Waals surface area contributed by atoms with Crippen LogP contribution in [-0.2, 0) is 14.3 Å². The first kappa shape index (κ1) is 16.8. The highest BCUT2D eigenvalue weighted by atomic mass is 16.6. The van der Waals surface area contributed by atoms with Gasteiger partial charge in [0.2, 0.25) is 0 Å². The van der Waals surface area contributed by atoms with Gasteiger partial charge in [0.15, 0.2) is 0 Å². The normalized spacial score (nSPS) is 23.1. The second kappa shape index (κ2) is 5.99. The minimum absolute atomic E-state index is 0.152. The molecule has 0 aromatic rings. The van der Waals surface area contributed by atoms with Crippen molar-refractivity contribution in [2.75, 3.05) is 0 Å². The zero-order chi connectivity index (χ0) is 15.6. The van der Waals surface area contributed by atoms with E-state index in [1.165, 1.54) is 0 Å². The molecular weight excluding hydrogens is 262 g/mol. The largest absolute Gasteiger partial charge is 0.480 e. The molecule has 1 saturated heterocycles. The minimum Gasteiger partial charge on any atom is -0.480 e. The van der Waals surface area contributed by atoms with Crippen molar-refractivity contribution < 1.29 is 24.2 Å². The molecule has 0 aromatic heterocycles. The van der Waals surface area contributed by atoms with Gasteiger partial charge in [-0.15, -0.1) is 0 Å². The Kier molecular flexibility index (Phi) is 5.02. The Balaban J connectivity index is 2.54. The first-order chi connectivity index (χ1) is 8.98. The van der Waals surface area contributed by atoms with Crippen LogP contribution in [0.1, 0.15) is 53.9 Å². The summed E-state index contributed by atoms with van der Waals surface area (Å²) >= 11 is 0. The number of hydrogen-bond donors (Lipinski definition) is 2. The molecule has 2 N–H and O–H groups in total. The molecule has 6 nitrogen and oxygen atoms in total. The number of alkyl carbamates (subject to hydrolysis) is 1. The summed E-state index contributed by atoms with van der Waals surface area (Å²) in [4.78, 5) is 22.9. The van der Waals surface area contributed by atoms with E-state index in [4.69, 9.17) is 9.47 Å². The molecule has 20 heavy (non-hydrogen) atoms. The summed E-state index contributed by atoms with van der Waals surface area (Å²) in [7, 11) is 0. The number of hydrogen-bond acceptors (Lipinski definition) is 4. The lowest BCUT2D eigenvalue weighted by molar-refractivity contribution is -0.141. The van der Waals surface area contributed by atoms with Gasteiger partial charge in [0.05, 0.1) is 11.7 Å². The molecule has 116 valence electrons. The monoisotopic (exact) mass is 287 g/mol. The summed E-state index contributed by atoms with van der Waals surface area (Å²) in [5.74, 6) is -1.08. The molecule has 6 heteroatoms. The zero-order valence-electron chi connectivity index (χ0n) is 12.9. The van der Waals surface area contributed by atoms with Crippen LogP contribution in [0.3, 0.4) is 0 Å². The first-order valence-corrected chi connectivity index (χ1v) is 6.89. The number of carbonyl (C=O) groups excluding carboxylic acids is 1. The van der Waals surface area contributed by atoms with Crippen molar-refractivity contribution >= 4 is 12.1 Å². The number of carboxylic acid groups (broad SMARTS) is 1. The van der Waals surface area contributed by atoms with Crippen LogP contribution in [-0.4, -0.2) is 40.5 Å². The summed E-state index contributed by atoms with van der Waals surface area (Å²) < 4.78 is 10.8. The zero-order valence-corrected chi connectivity index (χ0v) is 12.9. The van der Waals surface area contributed by atoms with Gasteiger partial charge in [-0.2, -0.15) is 0 Å². The predicted molar refractivity (Wildman–Crippen MR) is 73.6 cm³/mol. The Morgan fingerprint density at radius 1 is 1.45 bits per heavy atom. The number of amides is 1. The van der Waals surface area contributed by atoms with E-state index < -0.39 is 23.7 Å². The molecule has 1 fully saturated rings. The fourth-order valence-corrected chi connectivity index (χ4v) is 2.18. The molecule has 0 aliphatic carbocycles. The van der Waals surface area contributed by atoms with E-state index in [0.29, 0.717) is 0 Å². The maximum atomic E-state index is 11.6. The van der Waals surface area contributed by atoms with Crippen LogP contribution in [0.15, 0.2) is 0 Å². The second-order valence-corrected chi connectivity index (χ2v) is 6.81. The molecule has 2 unspecified atom stereocenters. The summed E-state index contributed by atoms with van der Waals surface area (Å²) in [6.07, 6.45) is 1.06. The highest BCUT2D eigenvalue weighted by Crippen LogP contribution is 2.31. The number of aliphatic carboxylic acids is 1. The summed E-state index contributed by atoms with van der Waals surface area (Å²) in [5.41, 5.74) is -0.876. The van der Waals surface area contributed by atoms with Crippen molar-refractivity contribution in [2.24, 2.45) is 0 Å². The Morgan fingerprint density at radius 3 is 2.45 bits per heavy atom. The molecule has 0 bridgehead atoms. The molecule has 0 saturated carbocycles. The Labute approximate surface area is 119 Å². The van der Waals surface area contributed by atoms with Gasteiger partial charge in [0.1, 0.15) is 11.6 Å². The molecule has 1 amide bonds. The standard InChI is InChI=1S/C14H25NO5/c1-13(2,3)20-12(18)15-10(11(16)17)8-9-6-7-14(4,5)19-9/h9-10H,6-8H2,1-5H3,(H,15,18)(H,16,17). The van der Waals surface area contributed by atoms with Crippen LogP contribution in [0.2, 0.25) is 0 Å². The third-order valence-corrected chi connectivity index (χ3v) is 3.04. The Morgan fingerprint density at radius 2 is 2.05 bits per heavy atom. The highest BCUT2D eigenvalue weighted by molar-refractivity contribution is 5.80. The number of carboxylic acids is 1. The summed E-state index contributed by atoms with van der Waals surface area (Å²) in [5, 5.41) is 11.6. The Bertz CT molecular complexity index is 372. The SMILES string of the molecule is CC(C)(C)OC(=O)NC(CC1CCC(C)(C)O1)C(=O)O. The fourth-order valence-electron chi connectivity index (χ4n) is 2.18. The topological polar surface area (TPSA) is 84.9 Å². The fraction of sp³-hybridized carbons (Fsp3) is 0.857. The highest BCUT2D eigenvalue weighted by Gasteiger charge is 2.35. The van der Waals surface area contributed by atoms with Gasteiger partial charge in [0.25, 0.3) is 0 Å². The van der Waals surface area contributed by atoms with Crippen molar-refractivity contribution in [3.8, 4) is 0 Å². The molecule has 1 aliphatic rings. The lowest BCUT2D eigenvalue weighted by Gasteiger charge is -2.24. The van der Waals surface area contributed by atoms with Gasteiger partial charge in [-0.1, -0.05) is 0 Å². The van der Waals surface area contributed by atoms with Crippen molar-refractivity contribution in [1.82, 2.24) is 5.32 Å². The molecule has 1 aliphatic heterocycles. The van der Waals surface area contributed by atoms with Gasteiger partial charge in [-0.05, 0) is 47.5 Å². The smallest absolute Gasteiger partial charge is 0.408 e. The second-order valence-electron chi connectivity index (χ2n) is 6.81. The van der Waals surface area contributed by atoms with E-state index in [9.17, 15) is 14.7 Å². The van der Waals surface area contributed by atoms with E-state index in [1.54, 1.807) is 20.8 Å². The molecule has 0 aromatic carbocycles. The predicted octanol–water partition coefficient (Wildman–Crippen LogP) is 2.31. The van der Waals surface area contributed by atoms with E-state index in [1.807, 2.05) is 13.8 Å². The first-order valence-electron chi connectivity index (χ1n) is 6.89. The number of nitrogens with one attached hydrogen (secondary N) is 1. The van der Waals surface area contributed by atoms with Crippen molar-refractivity contribution in [1.29, 1.82) is 0 Å². The average Bonchev–Trinajstić information content (AvgIpc) is 2.54. The molecule has 0 radical (unpaired) electrons. The number of rotatable bonds is 4. The Hall–Kier alpha value is -1.30. The molecule has 1 rings (SSSR count). The van der Waals surface area contributed by atoms with E-state index >= 15 is 0 Å². The van der Waals surface area contributed by atoms with Crippen LogP contribution >= 0.6 is 0 Å².